The molecule has 1 saturated heterocycles. The van der Waals surface area contributed by atoms with Crippen LogP contribution in [0.4, 0.5) is 0 Å². The molecule has 0 saturated carbocycles. The van der Waals surface area contributed by atoms with Crippen molar-refractivity contribution in [2.24, 2.45) is 0 Å². The molecule has 1 N–H and O–H groups in total. The Kier molecular flexibility index (Phi) is 3.94. The van der Waals surface area contributed by atoms with Gasteiger partial charge in [-0.05, 0) is 37.9 Å². The summed E-state index contributed by atoms with van der Waals surface area (Å²) in [7, 11) is 3.37. The summed E-state index contributed by atoms with van der Waals surface area (Å²) in [4.78, 5) is 0. The molecule has 1 aliphatic heterocycles. The number of methoxy groups -OCH3 is 2. The molecule has 1 atom stereocenters. The van der Waals surface area contributed by atoms with E-state index in [0.29, 0.717) is 6.04 Å². The highest BCUT2D eigenvalue weighted by Crippen LogP contribution is 2.43. The summed E-state index contributed by atoms with van der Waals surface area (Å²) in [6.07, 6.45) is 2.35. The second kappa shape index (κ2) is 5.27. The summed E-state index contributed by atoms with van der Waals surface area (Å²) >= 11 is 3.67. The number of nitrogens with one attached hydrogen (secondary N) is 1. The van der Waals surface area contributed by atoms with Crippen LogP contribution in [-0.4, -0.2) is 20.8 Å². The minimum Gasteiger partial charge on any atom is -0.493 e. The lowest BCUT2D eigenvalue weighted by atomic mass is 10.0. The van der Waals surface area contributed by atoms with E-state index < -0.39 is 0 Å². The molecule has 1 aromatic carbocycles. The fourth-order valence-corrected chi connectivity index (χ4v) is 2.95. The molecule has 17 heavy (non-hydrogen) atoms. The molecule has 2 rings (SSSR count). The third-order valence-corrected chi connectivity index (χ3v) is 4.28. The third kappa shape index (κ3) is 2.29. The van der Waals surface area contributed by atoms with Gasteiger partial charge in [-0.15, -0.1) is 0 Å². The van der Waals surface area contributed by atoms with Gasteiger partial charge in [-0.3, -0.25) is 0 Å². The van der Waals surface area contributed by atoms with Gasteiger partial charge in [-0.1, -0.05) is 15.9 Å². The minimum atomic E-state index is 0.355. The molecule has 0 amide bonds. The molecule has 3 nitrogen and oxygen atoms in total. The molecule has 0 radical (unpaired) electrons. The molecule has 94 valence electrons. The average molecular weight is 300 g/mol. The van der Waals surface area contributed by atoms with Crippen molar-refractivity contribution in [1.29, 1.82) is 0 Å². The van der Waals surface area contributed by atoms with Crippen molar-refractivity contribution in [2.45, 2.75) is 25.8 Å². The molecule has 1 heterocycles. The Morgan fingerprint density at radius 3 is 2.65 bits per heavy atom. The first-order valence-electron chi connectivity index (χ1n) is 5.83. The topological polar surface area (TPSA) is 30.5 Å². The van der Waals surface area contributed by atoms with E-state index in [9.17, 15) is 0 Å². The molecular formula is C13H18BrNO2. The Bertz CT molecular complexity index is 414. The van der Waals surface area contributed by atoms with Gasteiger partial charge in [0.15, 0.2) is 11.5 Å². The molecule has 0 aliphatic carbocycles. The van der Waals surface area contributed by atoms with Crippen LogP contribution in [0.3, 0.4) is 0 Å². The molecule has 1 aromatic rings. The van der Waals surface area contributed by atoms with Crippen molar-refractivity contribution in [2.75, 3.05) is 20.8 Å². The van der Waals surface area contributed by atoms with Gasteiger partial charge in [0.05, 0.1) is 14.2 Å². The number of ether oxygens (including phenoxy) is 2. The Morgan fingerprint density at radius 2 is 2.12 bits per heavy atom. The maximum absolute atomic E-state index is 5.52. The van der Waals surface area contributed by atoms with Crippen molar-refractivity contribution < 1.29 is 9.47 Å². The maximum Gasteiger partial charge on any atom is 0.166 e. The normalized spacial score (nSPS) is 19.4. The zero-order valence-corrected chi connectivity index (χ0v) is 12.1. The van der Waals surface area contributed by atoms with Crippen molar-refractivity contribution in [3.05, 3.63) is 21.7 Å². The zero-order chi connectivity index (χ0) is 12.4. The summed E-state index contributed by atoms with van der Waals surface area (Å²) in [5.74, 6) is 1.64. The predicted molar refractivity (Wildman–Crippen MR) is 72.0 cm³/mol. The van der Waals surface area contributed by atoms with Crippen LogP contribution in [0.2, 0.25) is 0 Å². The molecule has 0 aromatic heterocycles. The maximum atomic E-state index is 5.52. The summed E-state index contributed by atoms with van der Waals surface area (Å²) in [6.45, 7) is 3.14. The van der Waals surface area contributed by atoms with Crippen LogP contribution in [0.25, 0.3) is 0 Å². The number of halogens is 1. The van der Waals surface area contributed by atoms with Crippen LogP contribution in [0.15, 0.2) is 10.5 Å². The zero-order valence-electron chi connectivity index (χ0n) is 10.5. The van der Waals surface area contributed by atoms with Crippen molar-refractivity contribution >= 4 is 15.9 Å². The molecule has 1 aliphatic rings. The largest absolute Gasteiger partial charge is 0.493 e. The van der Waals surface area contributed by atoms with E-state index in [1.165, 1.54) is 17.5 Å². The number of rotatable bonds is 3. The van der Waals surface area contributed by atoms with Crippen LogP contribution in [-0.2, 0) is 0 Å². The van der Waals surface area contributed by atoms with Gasteiger partial charge in [0.2, 0.25) is 0 Å². The molecular weight excluding hydrogens is 282 g/mol. The van der Waals surface area contributed by atoms with Gasteiger partial charge in [0, 0.05) is 16.1 Å². The lowest BCUT2D eigenvalue weighted by molar-refractivity contribution is 0.347. The van der Waals surface area contributed by atoms with Crippen LogP contribution in [0, 0.1) is 6.92 Å². The Morgan fingerprint density at radius 1 is 1.35 bits per heavy atom. The van der Waals surface area contributed by atoms with Crippen LogP contribution < -0.4 is 14.8 Å². The number of hydrogen-bond donors (Lipinski definition) is 1. The molecule has 1 fully saturated rings. The van der Waals surface area contributed by atoms with Gasteiger partial charge < -0.3 is 14.8 Å². The summed E-state index contributed by atoms with van der Waals surface area (Å²) in [5.41, 5.74) is 2.35. The summed E-state index contributed by atoms with van der Waals surface area (Å²) < 4.78 is 12.0. The molecule has 0 spiro atoms. The average Bonchev–Trinajstić information content (AvgIpc) is 2.85. The Hall–Kier alpha value is -0.740. The smallest absolute Gasteiger partial charge is 0.166 e. The first-order valence-corrected chi connectivity index (χ1v) is 6.62. The van der Waals surface area contributed by atoms with Gasteiger partial charge in [0.25, 0.3) is 0 Å². The lowest BCUT2D eigenvalue weighted by Gasteiger charge is -2.20. The highest BCUT2D eigenvalue weighted by atomic mass is 79.9. The molecule has 0 bridgehead atoms. The van der Waals surface area contributed by atoms with E-state index in [0.717, 1.165) is 28.9 Å². The quantitative estimate of drug-likeness (QED) is 0.930. The molecule has 4 heteroatoms. The Balaban J connectivity index is 2.56. The monoisotopic (exact) mass is 299 g/mol. The second-order valence-corrected chi connectivity index (χ2v) is 5.10. The Labute approximate surface area is 111 Å². The van der Waals surface area contributed by atoms with Gasteiger partial charge in [0.1, 0.15) is 0 Å². The summed E-state index contributed by atoms with van der Waals surface area (Å²) in [6, 6.07) is 2.36. The number of benzene rings is 1. The minimum absolute atomic E-state index is 0.355. The van der Waals surface area contributed by atoms with Gasteiger partial charge in [-0.2, -0.15) is 0 Å². The van der Waals surface area contributed by atoms with E-state index in [1.807, 2.05) is 6.07 Å². The van der Waals surface area contributed by atoms with Crippen LogP contribution >= 0.6 is 15.9 Å². The third-order valence-electron chi connectivity index (χ3n) is 3.23. The first kappa shape index (κ1) is 12.7. The van der Waals surface area contributed by atoms with E-state index in [4.69, 9.17) is 9.47 Å². The highest BCUT2D eigenvalue weighted by Gasteiger charge is 2.26. The lowest BCUT2D eigenvalue weighted by Crippen LogP contribution is -2.15. The number of aryl methyl sites for hydroxylation is 1. The SMILES string of the molecule is COc1cc(C)c(Br)c(C2CCCN2)c1OC. The van der Waals surface area contributed by atoms with Crippen molar-refractivity contribution in [3.8, 4) is 11.5 Å². The second-order valence-electron chi connectivity index (χ2n) is 4.31. The molecule has 1 unspecified atom stereocenters. The summed E-state index contributed by atoms with van der Waals surface area (Å²) in [5, 5.41) is 3.50. The first-order chi connectivity index (χ1) is 8.19. The van der Waals surface area contributed by atoms with Gasteiger partial charge in [-0.25, -0.2) is 0 Å². The fraction of sp³-hybridized carbons (Fsp3) is 0.538. The predicted octanol–water partition coefficient (Wildman–Crippen LogP) is 3.20. The van der Waals surface area contributed by atoms with E-state index in [-0.39, 0.29) is 0 Å². The van der Waals surface area contributed by atoms with E-state index in [1.54, 1.807) is 14.2 Å². The number of hydrogen-bond acceptors (Lipinski definition) is 3. The standard InChI is InChI=1S/C13H18BrNO2/c1-8-7-10(16-2)13(17-3)11(12(8)14)9-5-4-6-15-9/h7,9,15H,4-6H2,1-3H3. The van der Waals surface area contributed by atoms with Crippen molar-refractivity contribution in [3.63, 3.8) is 0 Å². The van der Waals surface area contributed by atoms with E-state index >= 15 is 0 Å². The van der Waals surface area contributed by atoms with Gasteiger partial charge >= 0.3 is 0 Å². The van der Waals surface area contributed by atoms with Crippen LogP contribution in [0.5, 0.6) is 11.5 Å². The fourth-order valence-electron chi connectivity index (χ4n) is 2.37. The van der Waals surface area contributed by atoms with E-state index in [2.05, 4.69) is 28.2 Å². The van der Waals surface area contributed by atoms with Crippen LogP contribution in [0.1, 0.15) is 30.0 Å². The van der Waals surface area contributed by atoms with Crippen molar-refractivity contribution in [1.82, 2.24) is 5.32 Å². The highest BCUT2D eigenvalue weighted by molar-refractivity contribution is 9.10.